The van der Waals surface area contributed by atoms with Crippen LogP contribution < -0.4 is 10.6 Å². The van der Waals surface area contributed by atoms with E-state index in [1.807, 2.05) is 6.08 Å². The maximum absolute atomic E-state index is 5.26. The van der Waals surface area contributed by atoms with Gasteiger partial charge in [0, 0.05) is 12.6 Å². The molecular formula is C15H28N2S. The van der Waals surface area contributed by atoms with E-state index in [0.29, 0.717) is 11.5 Å². The van der Waals surface area contributed by atoms with E-state index in [9.17, 15) is 0 Å². The van der Waals surface area contributed by atoms with E-state index in [1.165, 1.54) is 32.1 Å². The molecule has 18 heavy (non-hydrogen) atoms. The molecule has 3 heteroatoms. The van der Waals surface area contributed by atoms with Crippen molar-refractivity contribution in [3.8, 4) is 0 Å². The fourth-order valence-electron chi connectivity index (χ4n) is 2.71. The van der Waals surface area contributed by atoms with Gasteiger partial charge in [0.15, 0.2) is 5.11 Å². The minimum atomic E-state index is 0.493. The minimum absolute atomic E-state index is 0.493. The van der Waals surface area contributed by atoms with E-state index in [0.717, 1.165) is 17.6 Å². The van der Waals surface area contributed by atoms with Crippen LogP contribution in [0, 0.1) is 11.3 Å². The molecule has 0 unspecified atom stereocenters. The van der Waals surface area contributed by atoms with Crippen molar-refractivity contribution in [2.45, 2.75) is 58.9 Å². The molecule has 0 aliphatic heterocycles. The van der Waals surface area contributed by atoms with E-state index < -0.39 is 0 Å². The molecule has 0 aromatic rings. The molecule has 0 bridgehead atoms. The van der Waals surface area contributed by atoms with Crippen LogP contribution >= 0.6 is 12.2 Å². The second-order valence-corrected chi connectivity index (χ2v) is 6.44. The number of hydrogen-bond donors (Lipinski definition) is 2. The van der Waals surface area contributed by atoms with Crippen molar-refractivity contribution in [1.29, 1.82) is 0 Å². The predicted molar refractivity (Wildman–Crippen MR) is 83.8 cm³/mol. The fraction of sp³-hybridized carbons (Fsp3) is 0.800. The normalized spacial score (nSPS) is 24.4. The maximum Gasteiger partial charge on any atom is 0.166 e. The lowest BCUT2D eigenvalue weighted by Crippen LogP contribution is -2.44. The van der Waals surface area contributed by atoms with Crippen molar-refractivity contribution in [3.05, 3.63) is 12.7 Å². The van der Waals surface area contributed by atoms with Crippen molar-refractivity contribution in [2.24, 2.45) is 11.3 Å². The molecule has 0 amide bonds. The Hall–Kier alpha value is -0.570. The molecular weight excluding hydrogens is 240 g/mol. The molecule has 2 nitrogen and oxygen atoms in total. The highest BCUT2D eigenvalue weighted by Gasteiger charge is 2.31. The van der Waals surface area contributed by atoms with E-state index in [2.05, 4.69) is 38.0 Å². The summed E-state index contributed by atoms with van der Waals surface area (Å²) in [6.07, 6.45) is 8.23. The fourth-order valence-corrected chi connectivity index (χ4v) is 2.96. The van der Waals surface area contributed by atoms with Crippen LogP contribution in [0.1, 0.15) is 52.9 Å². The third kappa shape index (κ3) is 4.60. The Morgan fingerprint density at radius 3 is 2.44 bits per heavy atom. The number of rotatable bonds is 5. The molecule has 1 saturated carbocycles. The summed E-state index contributed by atoms with van der Waals surface area (Å²) in [5.74, 6) is 0.871. The summed E-state index contributed by atoms with van der Waals surface area (Å²) in [4.78, 5) is 0. The quantitative estimate of drug-likeness (QED) is 0.588. The van der Waals surface area contributed by atoms with Gasteiger partial charge in [0.1, 0.15) is 0 Å². The molecule has 0 saturated heterocycles. The molecule has 0 spiro atoms. The first-order chi connectivity index (χ1) is 8.49. The van der Waals surface area contributed by atoms with Crippen molar-refractivity contribution < 1.29 is 0 Å². The Morgan fingerprint density at radius 2 is 1.94 bits per heavy atom. The molecule has 0 aromatic heterocycles. The van der Waals surface area contributed by atoms with Crippen LogP contribution in [-0.2, 0) is 0 Å². The molecule has 0 aromatic carbocycles. The topological polar surface area (TPSA) is 24.1 Å². The van der Waals surface area contributed by atoms with Gasteiger partial charge < -0.3 is 10.6 Å². The average molecular weight is 268 g/mol. The van der Waals surface area contributed by atoms with E-state index in [4.69, 9.17) is 12.2 Å². The van der Waals surface area contributed by atoms with Gasteiger partial charge in [-0.25, -0.2) is 0 Å². The van der Waals surface area contributed by atoms with E-state index in [-0.39, 0.29) is 0 Å². The zero-order chi connectivity index (χ0) is 13.6. The van der Waals surface area contributed by atoms with Gasteiger partial charge >= 0.3 is 0 Å². The summed E-state index contributed by atoms with van der Waals surface area (Å²) in [5, 5.41) is 7.32. The van der Waals surface area contributed by atoms with Gasteiger partial charge in [-0.15, -0.1) is 6.58 Å². The zero-order valence-corrected chi connectivity index (χ0v) is 12.9. The first-order valence-electron chi connectivity index (χ1n) is 7.15. The first kappa shape index (κ1) is 15.5. The van der Waals surface area contributed by atoms with Crippen molar-refractivity contribution in [2.75, 3.05) is 6.54 Å². The first-order valence-corrected chi connectivity index (χ1v) is 7.55. The van der Waals surface area contributed by atoms with Crippen LogP contribution in [0.3, 0.4) is 0 Å². The molecule has 0 atom stereocenters. The lowest BCUT2D eigenvalue weighted by Gasteiger charge is -2.39. The van der Waals surface area contributed by atoms with E-state index in [1.54, 1.807) is 0 Å². The second-order valence-electron chi connectivity index (χ2n) is 6.03. The monoisotopic (exact) mass is 268 g/mol. The zero-order valence-electron chi connectivity index (χ0n) is 12.1. The highest BCUT2D eigenvalue weighted by Crippen LogP contribution is 2.40. The minimum Gasteiger partial charge on any atom is -0.360 e. The highest BCUT2D eigenvalue weighted by atomic mass is 32.1. The van der Waals surface area contributed by atoms with Gasteiger partial charge in [0.05, 0.1) is 0 Å². The molecule has 1 aliphatic carbocycles. The Bertz CT molecular complexity index is 278. The SMILES string of the molecule is C=CCNC(=S)NC1CCC(C(C)(C)CC)CC1. The summed E-state index contributed by atoms with van der Waals surface area (Å²) in [6.45, 7) is 11.5. The summed E-state index contributed by atoms with van der Waals surface area (Å²) >= 11 is 5.26. The van der Waals surface area contributed by atoms with Gasteiger partial charge in [-0.05, 0) is 49.2 Å². The van der Waals surface area contributed by atoms with Crippen molar-refractivity contribution >= 4 is 17.3 Å². The summed E-state index contributed by atoms with van der Waals surface area (Å²) in [5.41, 5.74) is 0.493. The maximum atomic E-state index is 5.26. The Labute approximate surface area is 118 Å². The molecule has 1 rings (SSSR count). The van der Waals surface area contributed by atoms with Crippen molar-refractivity contribution in [3.63, 3.8) is 0 Å². The predicted octanol–water partition coefficient (Wildman–Crippen LogP) is 3.63. The standard InChI is InChI=1S/C15H28N2S/c1-5-11-16-14(18)17-13-9-7-12(8-10-13)15(3,4)6-2/h5,12-13H,1,6-11H2,2-4H3,(H2,16,17,18). The summed E-state index contributed by atoms with van der Waals surface area (Å²) in [6, 6.07) is 0.554. The number of thiocarbonyl (C=S) groups is 1. The Morgan fingerprint density at radius 1 is 1.33 bits per heavy atom. The van der Waals surface area contributed by atoms with Gasteiger partial charge in [0.25, 0.3) is 0 Å². The number of nitrogens with one attached hydrogen (secondary N) is 2. The lowest BCUT2D eigenvalue weighted by molar-refractivity contribution is 0.141. The lowest BCUT2D eigenvalue weighted by atomic mass is 9.69. The molecule has 0 radical (unpaired) electrons. The molecule has 0 heterocycles. The van der Waals surface area contributed by atoms with Gasteiger partial charge in [-0.2, -0.15) is 0 Å². The van der Waals surface area contributed by atoms with Crippen LogP contribution in [-0.4, -0.2) is 17.7 Å². The average Bonchev–Trinajstić information content (AvgIpc) is 2.37. The van der Waals surface area contributed by atoms with Crippen LogP contribution in [0.4, 0.5) is 0 Å². The smallest absolute Gasteiger partial charge is 0.166 e. The molecule has 1 aliphatic rings. The summed E-state index contributed by atoms with van der Waals surface area (Å²) in [7, 11) is 0. The molecule has 2 N–H and O–H groups in total. The largest absolute Gasteiger partial charge is 0.360 e. The van der Waals surface area contributed by atoms with Gasteiger partial charge in [0.2, 0.25) is 0 Å². The van der Waals surface area contributed by atoms with Crippen LogP contribution in [0.15, 0.2) is 12.7 Å². The van der Waals surface area contributed by atoms with E-state index >= 15 is 0 Å². The third-order valence-electron chi connectivity index (χ3n) is 4.49. The van der Waals surface area contributed by atoms with Gasteiger partial charge in [-0.1, -0.05) is 33.3 Å². The third-order valence-corrected chi connectivity index (χ3v) is 4.75. The van der Waals surface area contributed by atoms with Crippen LogP contribution in [0.2, 0.25) is 0 Å². The van der Waals surface area contributed by atoms with Gasteiger partial charge in [-0.3, -0.25) is 0 Å². The molecule has 1 fully saturated rings. The van der Waals surface area contributed by atoms with Crippen LogP contribution in [0.25, 0.3) is 0 Å². The summed E-state index contributed by atoms with van der Waals surface area (Å²) < 4.78 is 0. The Kier molecular flexibility index (Phi) is 6.13. The highest BCUT2D eigenvalue weighted by molar-refractivity contribution is 7.80. The number of hydrogen-bond acceptors (Lipinski definition) is 1. The molecule has 104 valence electrons. The second kappa shape index (κ2) is 7.13. The van der Waals surface area contributed by atoms with Crippen molar-refractivity contribution in [1.82, 2.24) is 10.6 Å². The Balaban J connectivity index is 2.31. The van der Waals surface area contributed by atoms with Crippen LogP contribution in [0.5, 0.6) is 0 Å².